The third kappa shape index (κ3) is 1.70. The zero-order valence-electron chi connectivity index (χ0n) is 10.3. The van der Waals surface area contributed by atoms with Crippen LogP contribution < -0.4 is 0 Å². The lowest BCUT2D eigenvalue weighted by molar-refractivity contribution is 1.18. The van der Waals surface area contributed by atoms with Crippen molar-refractivity contribution in [2.45, 2.75) is 25.6 Å². The van der Waals surface area contributed by atoms with E-state index in [1.165, 1.54) is 26.4 Å². The van der Waals surface area contributed by atoms with Crippen molar-refractivity contribution in [3.63, 3.8) is 0 Å². The minimum Gasteiger partial charge on any atom is -0.167 e. The summed E-state index contributed by atoms with van der Waals surface area (Å²) in [6, 6.07) is 11.1. The van der Waals surface area contributed by atoms with Gasteiger partial charge in [-0.15, -0.1) is 11.3 Å². The maximum absolute atomic E-state index is 6.75. The Hall–Kier alpha value is -0.573. The van der Waals surface area contributed by atoms with Crippen LogP contribution in [-0.2, 0) is 0 Å². The van der Waals surface area contributed by atoms with Gasteiger partial charge in [0.1, 0.15) is 0 Å². The van der Waals surface area contributed by atoms with E-state index >= 15 is 0 Å². The molecule has 0 N–H and O–H groups in total. The number of halogens is 1. The lowest BCUT2D eigenvalue weighted by Gasteiger charge is -2.23. The minimum atomic E-state index is -1.73. The average Bonchev–Trinajstić information content (AvgIpc) is 2.70. The van der Waals surface area contributed by atoms with Crippen LogP contribution in [0.15, 0.2) is 30.3 Å². The summed E-state index contributed by atoms with van der Waals surface area (Å²) in [7, 11) is -1.73. The van der Waals surface area contributed by atoms with Gasteiger partial charge < -0.3 is 0 Å². The summed E-state index contributed by atoms with van der Waals surface area (Å²) in [4.78, 5) is 2.89. The SMILES string of the molecule is Cc1cc2c(s1)C([Si](C)(C)Cl)c1ccccc1-2. The van der Waals surface area contributed by atoms with Crippen molar-refractivity contribution in [3.05, 3.63) is 45.6 Å². The van der Waals surface area contributed by atoms with Gasteiger partial charge in [-0.3, -0.25) is 0 Å². The van der Waals surface area contributed by atoms with Crippen LogP contribution >= 0.6 is 22.4 Å². The Morgan fingerprint density at radius 3 is 2.59 bits per heavy atom. The van der Waals surface area contributed by atoms with E-state index in [9.17, 15) is 0 Å². The number of benzene rings is 1. The highest BCUT2D eigenvalue weighted by molar-refractivity contribution is 7.22. The number of fused-ring (bicyclic) bond motifs is 3. The first-order chi connectivity index (χ1) is 7.98. The van der Waals surface area contributed by atoms with Crippen LogP contribution in [0.3, 0.4) is 0 Å². The molecule has 0 amide bonds. The Balaban J connectivity index is 2.30. The molecule has 3 rings (SSSR count). The standard InChI is InChI=1S/C14H15ClSSi/c1-9-8-12-10-6-4-5-7-11(10)14(13(12)16-9)17(2,3)15/h4-8,14H,1-3H3. The average molecular weight is 279 g/mol. The lowest BCUT2D eigenvalue weighted by atomic mass is 10.1. The van der Waals surface area contributed by atoms with E-state index in [1.54, 1.807) is 0 Å². The van der Waals surface area contributed by atoms with E-state index in [1.807, 2.05) is 11.3 Å². The summed E-state index contributed by atoms with van der Waals surface area (Å²) in [6.07, 6.45) is 0. The molecule has 3 heteroatoms. The van der Waals surface area contributed by atoms with Crippen molar-refractivity contribution in [1.82, 2.24) is 0 Å². The fraction of sp³-hybridized carbons (Fsp3) is 0.286. The van der Waals surface area contributed by atoms with E-state index in [0.29, 0.717) is 5.54 Å². The predicted octanol–water partition coefficient (Wildman–Crippen LogP) is 5.15. The molecular weight excluding hydrogens is 264 g/mol. The zero-order valence-corrected chi connectivity index (χ0v) is 12.8. The van der Waals surface area contributed by atoms with Crippen LogP contribution in [0.2, 0.25) is 13.1 Å². The highest BCUT2D eigenvalue weighted by Crippen LogP contribution is 2.52. The van der Waals surface area contributed by atoms with Gasteiger partial charge >= 0.3 is 0 Å². The highest BCUT2D eigenvalue weighted by atomic mass is 35.6. The third-order valence-corrected chi connectivity index (χ3v) is 7.35. The van der Waals surface area contributed by atoms with Gasteiger partial charge in [0.2, 0.25) is 0 Å². The highest BCUT2D eigenvalue weighted by Gasteiger charge is 2.41. The van der Waals surface area contributed by atoms with Gasteiger partial charge in [0.05, 0.1) is 0 Å². The molecule has 1 atom stereocenters. The van der Waals surface area contributed by atoms with E-state index in [-0.39, 0.29) is 0 Å². The van der Waals surface area contributed by atoms with Gasteiger partial charge in [0.15, 0.2) is 7.38 Å². The number of aryl methyl sites for hydroxylation is 1. The van der Waals surface area contributed by atoms with Gasteiger partial charge in [-0.2, -0.15) is 11.1 Å². The number of hydrogen-bond donors (Lipinski definition) is 0. The minimum absolute atomic E-state index is 0.467. The molecule has 1 heterocycles. The van der Waals surface area contributed by atoms with E-state index in [4.69, 9.17) is 11.1 Å². The van der Waals surface area contributed by atoms with Crippen molar-refractivity contribution < 1.29 is 0 Å². The van der Waals surface area contributed by atoms with Gasteiger partial charge in [-0.1, -0.05) is 37.4 Å². The molecular formula is C14H15ClSSi. The molecule has 0 spiro atoms. The molecule has 0 saturated carbocycles. The molecule has 0 bridgehead atoms. The molecule has 1 unspecified atom stereocenters. The van der Waals surface area contributed by atoms with Crippen molar-refractivity contribution >= 4 is 29.8 Å². The quantitative estimate of drug-likeness (QED) is 0.500. The molecule has 2 aromatic rings. The van der Waals surface area contributed by atoms with Crippen LogP contribution in [0, 0.1) is 6.92 Å². The summed E-state index contributed by atoms with van der Waals surface area (Å²) >= 11 is 8.67. The van der Waals surface area contributed by atoms with Crippen molar-refractivity contribution in [2.24, 2.45) is 0 Å². The molecule has 1 aromatic heterocycles. The number of thiophene rings is 1. The first kappa shape index (κ1) is 11.5. The molecule has 0 fully saturated rings. The smallest absolute Gasteiger partial charge is 0.163 e. The van der Waals surface area contributed by atoms with Gasteiger partial charge in [0, 0.05) is 15.3 Å². The molecule has 1 aromatic carbocycles. The van der Waals surface area contributed by atoms with Gasteiger partial charge in [-0.05, 0) is 29.7 Å². The van der Waals surface area contributed by atoms with Crippen molar-refractivity contribution in [3.8, 4) is 11.1 Å². The fourth-order valence-electron chi connectivity index (χ4n) is 2.77. The van der Waals surface area contributed by atoms with Gasteiger partial charge in [0.25, 0.3) is 0 Å². The summed E-state index contributed by atoms with van der Waals surface area (Å²) in [6.45, 7) is 6.69. The van der Waals surface area contributed by atoms with Crippen LogP contribution in [-0.4, -0.2) is 7.38 Å². The number of rotatable bonds is 1. The maximum Gasteiger partial charge on any atom is 0.163 e. The summed E-state index contributed by atoms with van der Waals surface area (Å²) in [5.41, 5.74) is 4.74. The summed E-state index contributed by atoms with van der Waals surface area (Å²) in [5, 5.41) is 0. The monoisotopic (exact) mass is 278 g/mol. The molecule has 0 aliphatic heterocycles. The molecule has 0 radical (unpaired) electrons. The topological polar surface area (TPSA) is 0 Å². The Morgan fingerprint density at radius 2 is 1.88 bits per heavy atom. The zero-order chi connectivity index (χ0) is 12.2. The Labute approximate surface area is 112 Å². The second-order valence-electron chi connectivity index (χ2n) is 5.22. The second kappa shape index (κ2) is 3.71. The van der Waals surface area contributed by atoms with Crippen LogP contribution in [0.25, 0.3) is 11.1 Å². The van der Waals surface area contributed by atoms with E-state index in [0.717, 1.165) is 0 Å². The van der Waals surface area contributed by atoms with Crippen molar-refractivity contribution in [2.75, 3.05) is 0 Å². The first-order valence-electron chi connectivity index (χ1n) is 5.87. The molecule has 0 nitrogen and oxygen atoms in total. The van der Waals surface area contributed by atoms with Crippen LogP contribution in [0.5, 0.6) is 0 Å². The molecule has 88 valence electrons. The predicted molar refractivity (Wildman–Crippen MR) is 79.7 cm³/mol. The first-order valence-corrected chi connectivity index (χ1v) is 10.8. The van der Waals surface area contributed by atoms with Crippen molar-refractivity contribution in [1.29, 1.82) is 0 Å². The molecule has 0 saturated heterocycles. The molecule has 17 heavy (non-hydrogen) atoms. The molecule has 1 aliphatic rings. The second-order valence-corrected chi connectivity index (χ2v) is 13.1. The van der Waals surface area contributed by atoms with Gasteiger partial charge in [-0.25, -0.2) is 0 Å². The van der Waals surface area contributed by atoms with Crippen LogP contribution in [0.4, 0.5) is 0 Å². The normalized spacial score (nSPS) is 18.0. The van der Waals surface area contributed by atoms with E-state index in [2.05, 4.69) is 50.3 Å². The lowest BCUT2D eigenvalue weighted by Crippen LogP contribution is -2.27. The Bertz CT molecular complexity index is 580. The summed E-state index contributed by atoms with van der Waals surface area (Å²) in [5.74, 6) is 0. The molecule has 1 aliphatic carbocycles. The Kier molecular flexibility index (Phi) is 2.51. The van der Waals surface area contributed by atoms with E-state index < -0.39 is 7.38 Å². The Morgan fingerprint density at radius 1 is 1.18 bits per heavy atom. The third-order valence-electron chi connectivity index (χ3n) is 3.39. The summed E-state index contributed by atoms with van der Waals surface area (Å²) < 4.78 is 0. The fourth-order valence-corrected chi connectivity index (χ4v) is 7.53. The van der Waals surface area contributed by atoms with Crippen LogP contribution in [0.1, 0.15) is 20.9 Å². The number of hydrogen-bond acceptors (Lipinski definition) is 1. The maximum atomic E-state index is 6.75. The largest absolute Gasteiger partial charge is 0.167 e.